The number of piperidine rings is 1. The van der Waals surface area contributed by atoms with E-state index in [0.717, 1.165) is 5.75 Å². The first-order chi connectivity index (χ1) is 16.1. The van der Waals surface area contributed by atoms with Gasteiger partial charge in [-0.3, -0.25) is 14.4 Å². The summed E-state index contributed by atoms with van der Waals surface area (Å²) < 4.78 is 11.4. The number of benzene rings is 1. The van der Waals surface area contributed by atoms with Gasteiger partial charge in [-0.05, 0) is 47.9 Å². The minimum absolute atomic E-state index is 0.0482. The summed E-state index contributed by atoms with van der Waals surface area (Å²) in [5.41, 5.74) is 0. The van der Waals surface area contributed by atoms with Crippen LogP contribution in [0.15, 0.2) is 65.4 Å². The lowest BCUT2D eigenvalue weighted by Gasteiger charge is -2.32. The highest BCUT2D eigenvalue weighted by atomic mass is 32.1. The van der Waals surface area contributed by atoms with E-state index in [1.807, 2.05) is 47.2 Å². The quantitative estimate of drug-likeness (QED) is 0.317. The SMILES string of the molecule is O=C(O[C@H](C(=O)c1cccs1)c1cccs1)[C@@H]1CCCN(C(=O)CCOc2ccccc2)C1. The highest BCUT2D eigenvalue weighted by molar-refractivity contribution is 7.12. The Bertz CT molecular complexity index is 1050. The van der Waals surface area contributed by atoms with Crippen molar-refractivity contribution < 1.29 is 23.9 Å². The highest BCUT2D eigenvalue weighted by Crippen LogP contribution is 2.30. The molecule has 6 nitrogen and oxygen atoms in total. The molecule has 1 aliphatic heterocycles. The van der Waals surface area contributed by atoms with Crippen molar-refractivity contribution in [3.05, 3.63) is 75.1 Å². The van der Waals surface area contributed by atoms with Crippen molar-refractivity contribution >= 4 is 40.3 Å². The van der Waals surface area contributed by atoms with E-state index in [1.165, 1.54) is 22.7 Å². The minimum atomic E-state index is -0.957. The molecule has 0 spiro atoms. The number of amides is 1. The molecule has 2 atom stereocenters. The van der Waals surface area contributed by atoms with E-state index in [9.17, 15) is 14.4 Å². The maximum absolute atomic E-state index is 13.0. The predicted octanol–water partition coefficient (Wildman–Crippen LogP) is 4.98. The first-order valence-corrected chi connectivity index (χ1v) is 12.6. The smallest absolute Gasteiger partial charge is 0.311 e. The Hall–Kier alpha value is -2.97. The summed E-state index contributed by atoms with van der Waals surface area (Å²) >= 11 is 2.71. The molecule has 0 saturated carbocycles. The van der Waals surface area contributed by atoms with Gasteiger partial charge in [0.15, 0.2) is 6.10 Å². The molecule has 3 heterocycles. The van der Waals surface area contributed by atoms with E-state index < -0.39 is 18.0 Å². The second kappa shape index (κ2) is 11.2. The van der Waals surface area contributed by atoms with Crippen molar-refractivity contribution in [2.24, 2.45) is 5.92 Å². The number of likely N-dealkylation sites (tertiary alicyclic amines) is 1. The van der Waals surface area contributed by atoms with Crippen LogP contribution >= 0.6 is 22.7 Å². The number of ether oxygens (including phenoxy) is 2. The Morgan fingerprint density at radius 2 is 1.79 bits per heavy atom. The third-order valence-electron chi connectivity index (χ3n) is 5.47. The Labute approximate surface area is 200 Å². The fourth-order valence-electron chi connectivity index (χ4n) is 3.77. The van der Waals surface area contributed by atoms with Gasteiger partial charge in [-0.2, -0.15) is 0 Å². The summed E-state index contributed by atoms with van der Waals surface area (Å²) in [7, 11) is 0. The van der Waals surface area contributed by atoms with Gasteiger partial charge in [-0.15, -0.1) is 22.7 Å². The molecule has 0 N–H and O–H groups in total. The molecule has 0 aliphatic carbocycles. The molecule has 1 aliphatic rings. The number of rotatable bonds is 9. The van der Waals surface area contributed by atoms with Crippen molar-refractivity contribution in [2.45, 2.75) is 25.4 Å². The number of carbonyl (C=O) groups is 3. The highest BCUT2D eigenvalue weighted by Gasteiger charge is 2.34. The first-order valence-electron chi connectivity index (χ1n) is 10.9. The topological polar surface area (TPSA) is 72.9 Å². The van der Waals surface area contributed by atoms with E-state index in [1.54, 1.807) is 23.1 Å². The Balaban J connectivity index is 1.34. The Morgan fingerprint density at radius 1 is 1.00 bits per heavy atom. The predicted molar refractivity (Wildman–Crippen MR) is 128 cm³/mol. The fourth-order valence-corrected chi connectivity index (χ4v) is 5.20. The zero-order valence-electron chi connectivity index (χ0n) is 18.1. The molecule has 33 heavy (non-hydrogen) atoms. The van der Waals surface area contributed by atoms with Gasteiger partial charge in [-0.1, -0.05) is 30.3 Å². The van der Waals surface area contributed by atoms with Crippen LogP contribution in [0, 0.1) is 5.92 Å². The van der Waals surface area contributed by atoms with Gasteiger partial charge in [0.1, 0.15) is 5.75 Å². The summed E-state index contributed by atoms with van der Waals surface area (Å²) in [5, 5.41) is 3.68. The molecular formula is C25H25NO5S2. The van der Waals surface area contributed by atoms with Crippen molar-refractivity contribution in [1.82, 2.24) is 4.90 Å². The van der Waals surface area contributed by atoms with Gasteiger partial charge >= 0.3 is 5.97 Å². The minimum Gasteiger partial charge on any atom is -0.493 e. The summed E-state index contributed by atoms with van der Waals surface area (Å²) in [6.45, 7) is 1.19. The van der Waals surface area contributed by atoms with Crippen LogP contribution in [0.5, 0.6) is 5.75 Å². The monoisotopic (exact) mass is 483 g/mol. The van der Waals surface area contributed by atoms with Crippen molar-refractivity contribution in [3.8, 4) is 5.75 Å². The summed E-state index contributed by atoms with van der Waals surface area (Å²) in [6, 6.07) is 16.5. The van der Waals surface area contributed by atoms with E-state index in [0.29, 0.717) is 35.7 Å². The zero-order valence-corrected chi connectivity index (χ0v) is 19.7. The largest absolute Gasteiger partial charge is 0.493 e. The van der Waals surface area contributed by atoms with Crippen molar-refractivity contribution in [2.75, 3.05) is 19.7 Å². The summed E-state index contributed by atoms with van der Waals surface area (Å²) in [6.07, 6.45) is 0.633. The average Bonchev–Trinajstić information content (AvgIpc) is 3.57. The summed E-state index contributed by atoms with van der Waals surface area (Å²) in [4.78, 5) is 41.6. The van der Waals surface area contributed by atoms with Gasteiger partial charge in [0.2, 0.25) is 11.7 Å². The molecule has 2 aromatic heterocycles. The third-order valence-corrected chi connectivity index (χ3v) is 7.27. The van der Waals surface area contributed by atoms with Crippen LogP contribution in [0.4, 0.5) is 0 Å². The molecule has 1 fully saturated rings. The second-order valence-electron chi connectivity index (χ2n) is 7.76. The molecule has 172 valence electrons. The third kappa shape index (κ3) is 6.09. The number of nitrogens with zero attached hydrogens (tertiary/aromatic N) is 1. The van der Waals surface area contributed by atoms with Gasteiger partial charge in [-0.25, -0.2) is 0 Å². The average molecular weight is 484 g/mol. The number of hydrogen-bond donors (Lipinski definition) is 0. The molecule has 1 amide bonds. The molecule has 0 bridgehead atoms. The lowest BCUT2D eigenvalue weighted by atomic mass is 9.97. The van der Waals surface area contributed by atoms with Gasteiger partial charge < -0.3 is 14.4 Å². The lowest BCUT2D eigenvalue weighted by Crippen LogP contribution is -2.43. The number of para-hydroxylation sites is 1. The maximum atomic E-state index is 13.0. The number of carbonyl (C=O) groups excluding carboxylic acids is 3. The van der Waals surface area contributed by atoms with Crippen LogP contribution < -0.4 is 4.74 Å². The fraction of sp³-hybridized carbons (Fsp3) is 0.320. The lowest BCUT2D eigenvalue weighted by molar-refractivity contribution is -0.155. The molecule has 8 heteroatoms. The molecule has 4 rings (SSSR count). The van der Waals surface area contributed by atoms with Crippen LogP contribution in [-0.4, -0.2) is 42.3 Å². The number of ketones is 1. The van der Waals surface area contributed by atoms with Gasteiger partial charge in [0.05, 0.1) is 28.7 Å². The molecule has 0 radical (unpaired) electrons. The van der Waals surface area contributed by atoms with Crippen LogP contribution in [-0.2, 0) is 14.3 Å². The molecule has 1 aromatic carbocycles. The standard InChI is InChI=1S/C25H25NO5S2/c27-22(12-14-30-19-8-2-1-3-9-19)26-13-4-7-18(17-26)25(29)31-24(21-11-6-16-33-21)23(28)20-10-5-15-32-20/h1-3,5-6,8-11,15-16,18,24H,4,7,12-14,17H2/t18-,24+/m1/s1. The van der Waals surface area contributed by atoms with E-state index in [-0.39, 0.29) is 24.7 Å². The van der Waals surface area contributed by atoms with Gasteiger partial charge in [0, 0.05) is 13.1 Å². The Morgan fingerprint density at radius 3 is 2.52 bits per heavy atom. The normalized spacial score (nSPS) is 16.7. The van der Waals surface area contributed by atoms with Crippen LogP contribution in [0.25, 0.3) is 0 Å². The van der Waals surface area contributed by atoms with Gasteiger partial charge in [0.25, 0.3) is 0 Å². The molecule has 1 saturated heterocycles. The first kappa shape index (κ1) is 23.2. The van der Waals surface area contributed by atoms with E-state index >= 15 is 0 Å². The summed E-state index contributed by atoms with van der Waals surface area (Å²) in [5.74, 6) is -0.427. The molecule has 0 unspecified atom stereocenters. The maximum Gasteiger partial charge on any atom is 0.311 e. The second-order valence-corrected chi connectivity index (χ2v) is 9.69. The number of esters is 1. The molecule has 3 aromatic rings. The van der Waals surface area contributed by atoms with E-state index in [4.69, 9.17) is 9.47 Å². The van der Waals surface area contributed by atoms with Crippen LogP contribution in [0.1, 0.15) is 39.9 Å². The Kier molecular flexibility index (Phi) is 7.91. The molecular weight excluding hydrogens is 458 g/mol. The van der Waals surface area contributed by atoms with Crippen molar-refractivity contribution in [1.29, 1.82) is 0 Å². The van der Waals surface area contributed by atoms with Crippen LogP contribution in [0.2, 0.25) is 0 Å². The number of hydrogen-bond acceptors (Lipinski definition) is 7. The van der Waals surface area contributed by atoms with Crippen molar-refractivity contribution in [3.63, 3.8) is 0 Å². The van der Waals surface area contributed by atoms with E-state index in [2.05, 4.69) is 0 Å². The number of thiophene rings is 2. The zero-order chi connectivity index (χ0) is 23.0. The van der Waals surface area contributed by atoms with Crippen LogP contribution in [0.3, 0.4) is 0 Å². The number of Topliss-reactive ketones (excluding diaryl/α,β-unsaturated/α-hetero) is 1.